The summed E-state index contributed by atoms with van der Waals surface area (Å²) in [6.07, 6.45) is 3.46. The molecule has 1 amide bonds. The van der Waals surface area contributed by atoms with Gasteiger partial charge in [0.25, 0.3) is 5.91 Å². The minimum absolute atomic E-state index is 0.212. The molecule has 0 unspecified atom stereocenters. The molecule has 1 atom stereocenters. The van der Waals surface area contributed by atoms with E-state index in [0.29, 0.717) is 18.0 Å². The van der Waals surface area contributed by atoms with E-state index in [0.717, 1.165) is 18.6 Å². The lowest BCUT2D eigenvalue weighted by Gasteiger charge is -2.17. The van der Waals surface area contributed by atoms with Crippen molar-refractivity contribution in [1.82, 2.24) is 5.16 Å². The molecule has 1 aromatic carbocycles. The molecule has 0 fully saturated rings. The van der Waals surface area contributed by atoms with Crippen molar-refractivity contribution in [1.29, 1.82) is 0 Å². The van der Waals surface area contributed by atoms with Crippen LogP contribution in [0.3, 0.4) is 0 Å². The van der Waals surface area contributed by atoms with Crippen molar-refractivity contribution in [3.05, 3.63) is 41.2 Å². The highest BCUT2D eigenvalue weighted by atomic mass is 16.5. The van der Waals surface area contributed by atoms with E-state index in [1.807, 2.05) is 13.0 Å². The SMILES string of the molecule is CC[C@H](Oc1ccc2c(c1)CCC2)C(=O)Nc1cc(C)on1. The minimum atomic E-state index is -0.545. The van der Waals surface area contributed by atoms with Gasteiger partial charge in [0.15, 0.2) is 11.9 Å². The number of anilines is 1. The number of hydrogen-bond donors (Lipinski definition) is 1. The Morgan fingerprint density at radius 2 is 2.18 bits per heavy atom. The number of carbonyl (C=O) groups excluding carboxylic acids is 1. The van der Waals surface area contributed by atoms with Crippen molar-refractivity contribution in [2.75, 3.05) is 5.32 Å². The molecule has 0 saturated carbocycles. The van der Waals surface area contributed by atoms with E-state index in [4.69, 9.17) is 9.26 Å². The molecule has 1 aliphatic carbocycles. The molecule has 0 radical (unpaired) electrons. The molecule has 0 spiro atoms. The van der Waals surface area contributed by atoms with Gasteiger partial charge in [-0.25, -0.2) is 0 Å². The average Bonchev–Trinajstić information content (AvgIpc) is 3.12. The summed E-state index contributed by atoms with van der Waals surface area (Å²) in [4.78, 5) is 12.3. The van der Waals surface area contributed by atoms with Gasteiger partial charge in [0.2, 0.25) is 0 Å². The monoisotopic (exact) mass is 300 g/mol. The first-order valence-corrected chi connectivity index (χ1v) is 7.68. The number of hydrogen-bond acceptors (Lipinski definition) is 4. The number of aryl methyl sites for hydroxylation is 3. The van der Waals surface area contributed by atoms with Crippen LogP contribution in [0.4, 0.5) is 5.82 Å². The summed E-state index contributed by atoms with van der Waals surface area (Å²) >= 11 is 0. The van der Waals surface area contributed by atoms with E-state index in [1.54, 1.807) is 13.0 Å². The Hall–Kier alpha value is -2.30. The third-order valence-corrected chi connectivity index (χ3v) is 3.89. The zero-order chi connectivity index (χ0) is 15.5. The van der Waals surface area contributed by atoms with Crippen molar-refractivity contribution in [3.8, 4) is 5.75 Å². The van der Waals surface area contributed by atoms with Crippen LogP contribution in [0.15, 0.2) is 28.8 Å². The number of amides is 1. The molecule has 1 aromatic heterocycles. The topological polar surface area (TPSA) is 64.4 Å². The van der Waals surface area contributed by atoms with Gasteiger partial charge in [0.05, 0.1) is 0 Å². The first-order chi connectivity index (χ1) is 10.7. The lowest BCUT2D eigenvalue weighted by molar-refractivity contribution is -0.122. The number of nitrogens with zero attached hydrogens (tertiary/aromatic N) is 1. The van der Waals surface area contributed by atoms with E-state index in [2.05, 4.69) is 22.6 Å². The average molecular weight is 300 g/mol. The third-order valence-electron chi connectivity index (χ3n) is 3.89. The largest absolute Gasteiger partial charge is 0.481 e. The van der Waals surface area contributed by atoms with Gasteiger partial charge in [-0.3, -0.25) is 4.79 Å². The van der Waals surface area contributed by atoms with Crippen LogP contribution in [0, 0.1) is 6.92 Å². The number of benzene rings is 1. The molecule has 3 rings (SSSR count). The Labute approximate surface area is 129 Å². The van der Waals surface area contributed by atoms with E-state index in [1.165, 1.54) is 17.5 Å². The molecule has 2 aromatic rings. The minimum Gasteiger partial charge on any atom is -0.481 e. The smallest absolute Gasteiger partial charge is 0.266 e. The first kappa shape index (κ1) is 14.6. The highest BCUT2D eigenvalue weighted by Crippen LogP contribution is 2.27. The Bertz CT molecular complexity index is 678. The van der Waals surface area contributed by atoms with Crippen LogP contribution < -0.4 is 10.1 Å². The highest BCUT2D eigenvalue weighted by Gasteiger charge is 2.20. The molecule has 22 heavy (non-hydrogen) atoms. The number of rotatable bonds is 5. The molecule has 0 saturated heterocycles. The first-order valence-electron chi connectivity index (χ1n) is 7.68. The number of ether oxygens (including phenoxy) is 1. The van der Waals surface area contributed by atoms with Crippen LogP contribution in [-0.2, 0) is 17.6 Å². The van der Waals surface area contributed by atoms with Gasteiger partial charge >= 0.3 is 0 Å². The third kappa shape index (κ3) is 3.13. The predicted octanol–water partition coefficient (Wildman–Crippen LogP) is 3.27. The Morgan fingerprint density at radius 1 is 1.36 bits per heavy atom. The second-order valence-corrected chi connectivity index (χ2v) is 5.61. The van der Waals surface area contributed by atoms with E-state index in [-0.39, 0.29) is 5.91 Å². The van der Waals surface area contributed by atoms with Crippen LogP contribution >= 0.6 is 0 Å². The Kier molecular flexibility index (Phi) is 4.13. The lowest BCUT2D eigenvalue weighted by atomic mass is 10.1. The fraction of sp³-hybridized carbons (Fsp3) is 0.412. The molecule has 0 aliphatic heterocycles. The number of aromatic nitrogens is 1. The maximum absolute atomic E-state index is 12.3. The highest BCUT2D eigenvalue weighted by molar-refractivity contribution is 5.93. The van der Waals surface area contributed by atoms with Crippen molar-refractivity contribution in [2.45, 2.75) is 45.6 Å². The van der Waals surface area contributed by atoms with Crippen LogP contribution in [0.25, 0.3) is 0 Å². The summed E-state index contributed by atoms with van der Waals surface area (Å²) in [5.41, 5.74) is 2.72. The Morgan fingerprint density at radius 3 is 2.91 bits per heavy atom. The summed E-state index contributed by atoms with van der Waals surface area (Å²) < 4.78 is 10.8. The quantitative estimate of drug-likeness (QED) is 0.920. The molecule has 1 aliphatic rings. The van der Waals surface area contributed by atoms with Crippen LogP contribution in [-0.4, -0.2) is 17.2 Å². The van der Waals surface area contributed by atoms with Gasteiger partial charge in [-0.2, -0.15) is 0 Å². The van der Waals surface area contributed by atoms with E-state index < -0.39 is 6.10 Å². The summed E-state index contributed by atoms with van der Waals surface area (Å²) in [6, 6.07) is 7.78. The van der Waals surface area contributed by atoms with Crippen molar-refractivity contribution < 1.29 is 14.1 Å². The molecule has 1 N–H and O–H groups in total. The van der Waals surface area contributed by atoms with Crippen molar-refractivity contribution in [2.24, 2.45) is 0 Å². The molecule has 5 nitrogen and oxygen atoms in total. The van der Waals surface area contributed by atoms with Gasteiger partial charge < -0.3 is 14.6 Å². The van der Waals surface area contributed by atoms with Crippen LogP contribution in [0.2, 0.25) is 0 Å². The van der Waals surface area contributed by atoms with Gasteiger partial charge in [0, 0.05) is 6.07 Å². The van der Waals surface area contributed by atoms with Crippen LogP contribution in [0.5, 0.6) is 5.75 Å². The Balaban J connectivity index is 1.67. The summed E-state index contributed by atoms with van der Waals surface area (Å²) in [6.45, 7) is 3.70. The molecular formula is C17H20N2O3. The molecule has 1 heterocycles. The zero-order valence-electron chi connectivity index (χ0n) is 12.9. The number of fused-ring (bicyclic) bond motifs is 1. The fourth-order valence-electron chi connectivity index (χ4n) is 2.74. The van der Waals surface area contributed by atoms with Crippen molar-refractivity contribution in [3.63, 3.8) is 0 Å². The second kappa shape index (κ2) is 6.22. The number of carbonyl (C=O) groups is 1. The maximum atomic E-state index is 12.3. The molecule has 116 valence electrons. The summed E-state index contributed by atoms with van der Waals surface area (Å²) in [7, 11) is 0. The van der Waals surface area contributed by atoms with Gasteiger partial charge in [-0.1, -0.05) is 18.1 Å². The van der Waals surface area contributed by atoms with Gasteiger partial charge in [0.1, 0.15) is 11.5 Å². The predicted molar refractivity (Wildman–Crippen MR) is 83.0 cm³/mol. The van der Waals surface area contributed by atoms with Crippen LogP contribution in [0.1, 0.15) is 36.7 Å². The summed E-state index contributed by atoms with van der Waals surface area (Å²) in [5, 5.41) is 6.48. The van der Waals surface area contributed by atoms with E-state index >= 15 is 0 Å². The zero-order valence-corrected chi connectivity index (χ0v) is 12.9. The van der Waals surface area contributed by atoms with E-state index in [9.17, 15) is 4.79 Å². The summed E-state index contributed by atoms with van der Waals surface area (Å²) in [5.74, 6) is 1.61. The van der Waals surface area contributed by atoms with Gasteiger partial charge in [-0.15, -0.1) is 0 Å². The molecular weight excluding hydrogens is 280 g/mol. The lowest BCUT2D eigenvalue weighted by Crippen LogP contribution is -2.32. The van der Waals surface area contributed by atoms with Gasteiger partial charge in [-0.05, 0) is 55.9 Å². The molecule has 5 heteroatoms. The standard InChI is InChI=1S/C17H20N2O3/c1-3-15(17(20)18-16-9-11(2)22-19-16)21-14-8-7-12-5-4-6-13(12)10-14/h7-10,15H,3-6H2,1-2H3,(H,18,19,20)/t15-/m0/s1. The normalized spacial score (nSPS) is 14.5. The molecule has 0 bridgehead atoms. The maximum Gasteiger partial charge on any atom is 0.266 e. The second-order valence-electron chi connectivity index (χ2n) is 5.61. The fourth-order valence-corrected chi connectivity index (χ4v) is 2.74. The van der Waals surface area contributed by atoms with Crippen molar-refractivity contribution >= 4 is 11.7 Å². The number of nitrogens with one attached hydrogen (secondary N) is 1.